The zero-order chi connectivity index (χ0) is 17.6. The molecule has 0 saturated carbocycles. The molecule has 6 nitrogen and oxygen atoms in total. The van der Waals surface area contributed by atoms with Gasteiger partial charge in [-0.05, 0) is 38.1 Å². The topological polar surface area (TPSA) is 63.2 Å². The lowest BCUT2D eigenvalue weighted by Gasteiger charge is -2.18. The number of ether oxygens (including phenoxy) is 1. The monoisotopic (exact) mass is 335 g/mol. The summed E-state index contributed by atoms with van der Waals surface area (Å²) in [6, 6.07) is 17.7. The van der Waals surface area contributed by atoms with Crippen molar-refractivity contribution in [3.63, 3.8) is 0 Å². The fourth-order valence-corrected chi connectivity index (χ4v) is 2.34. The Morgan fingerprint density at radius 3 is 2.48 bits per heavy atom. The molecule has 2 aromatic carbocycles. The molecule has 0 aliphatic carbocycles. The molecule has 0 atom stereocenters. The third-order valence-electron chi connectivity index (χ3n) is 3.53. The predicted octanol–water partition coefficient (Wildman–Crippen LogP) is 4.17. The summed E-state index contributed by atoms with van der Waals surface area (Å²) >= 11 is 0. The molecule has 1 heterocycles. The van der Waals surface area contributed by atoms with Gasteiger partial charge in [0, 0.05) is 12.7 Å². The molecule has 3 aromatic rings. The lowest BCUT2D eigenvalue weighted by atomic mass is 10.3. The molecule has 6 heteroatoms. The van der Waals surface area contributed by atoms with Gasteiger partial charge in [-0.1, -0.05) is 30.3 Å². The van der Waals surface area contributed by atoms with Crippen molar-refractivity contribution in [3.05, 3.63) is 60.8 Å². The van der Waals surface area contributed by atoms with Crippen LogP contribution >= 0.6 is 0 Å². The highest BCUT2D eigenvalue weighted by Crippen LogP contribution is 2.28. The quantitative estimate of drug-likeness (QED) is 0.729. The van der Waals surface area contributed by atoms with Crippen LogP contribution in [0.5, 0.6) is 5.75 Å². The second kappa shape index (κ2) is 7.61. The molecule has 0 aliphatic heterocycles. The average Bonchev–Trinajstić information content (AvgIpc) is 2.63. The van der Waals surface area contributed by atoms with Crippen molar-refractivity contribution in [3.8, 4) is 5.75 Å². The van der Waals surface area contributed by atoms with Crippen molar-refractivity contribution in [2.45, 2.75) is 20.0 Å². The van der Waals surface area contributed by atoms with Crippen LogP contribution in [-0.4, -0.2) is 28.3 Å². The van der Waals surface area contributed by atoms with Gasteiger partial charge in [0.2, 0.25) is 5.95 Å². The average molecular weight is 335 g/mol. The number of hydrogen-bond donors (Lipinski definition) is 1. The first kappa shape index (κ1) is 16.7. The second-order valence-electron chi connectivity index (χ2n) is 5.82. The first-order valence-electron chi connectivity index (χ1n) is 8.14. The first-order chi connectivity index (χ1) is 12.1. The highest BCUT2D eigenvalue weighted by Gasteiger charge is 2.10. The van der Waals surface area contributed by atoms with E-state index in [1.54, 1.807) is 6.20 Å². The largest absolute Gasteiger partial charge is 0.489 e. The van der Waals surface area contributed by atoms with E-state index in [2.05, 4.69) is 20.5 Å². The van der Waals surface area contributed by atoms with Gasteiger partial charge in [0.15, 0.2) is 5.82 Å². The van der Waals surface area contributed by atoms with Crippen LogP contribution in [0.15, 0.2) is 60.8 Å². The van der Waals surface area contributed by atoms with Gasteiger partial charge in [0.25, 0.3) is 0 Å². The van der Waals surface area contributed by atoms with Crippen molar-refractivity contribution in [2.75, 3.05) is 17.3 Å². The zero-order valence-corrected chi connectivity index (χ0v) is 14.5. The summed E-state index contributed by atoms with van der Waals surface area (Å²) in [6.45, 7) is 3.98. The Bertz CT molecular complexity index is 823. The van der Waals surface area contributed by atoms with Crippen LogP contribution in [0.25, 0.3) is 0 Å². The van der Waals surface area contributed by atoms with Crippen molar-refractivity contribution < 1.29 is 4.74 Å². The molecule has 0 aliphatic rings. The van der Waals surface area contributed by atoms with Crippen LogP contribution in [0.1, 0.15) is 13.8 Å². The van der Waals surface area contributed by atoms with Crippen molar-refractivity contribution in [1.29, 1.82) is 0 Å². The van der Waals surface area contributed by atoms with E-state index in [1.807, 2.05) is 80.4 Å². The van der Waals surface area contributed by atoms with Gasteiger partial charge >= 0.3 is 0 Å². The Balaban J connectivity index is 1.83. The molecule has 1 N–H and O–H groups in total. The fraction of sp³-hybridized carbons (Fsp3) is 0.211. The minimum atomic E-state index is 0.0811. The van der Waals surface area contributed by atoms with Gasteiger partial charge in [0.1, 0.15) is 5.75 Å². The number of benzene rings is 2. The van der Waals surface area contributed by atoms with Crippen LogP contribution in [-0.2, 0) is 0 Å². The molecule has 0 unspecified atom stereocenters. The molecule has 0 bridgehead atoms. The molecular weight excluding hydrogens is 314 g/mol. The van der Waals surface area contributed by atoms with Gasteiger partial charge in [0.05, 0.1) is 18.0 Å². The summed E-state index contributed by atoms with van der Waals surface area (Å²) in [5.74, 6) is 1.87. The molecule has 25 heavy (non-hydrogen) atoms. The Morgan fingerprint density at radius 1 is 1.00 bits per heavy atom. The van der Waals surface area contributed by atoms with Gasteiger partial charge in [-0.25, -0.2) is 0 Å². The van der Waals surface area contributed by atoms with Gasteiger partial charge in [-0.2, -0.15) is 10.1 Å². The third-order valence-corrected chi connectivity index (χ3v) is 3.53. The Labute approximate surface area is 147 Å². The molecule has 0 fully saturated rings. The number of hydrogen-bond acceptors (Lipinski definition) is 6. The van der Waals surface area contributed by atoms with Gasteiger partial charge < -0.3 is 15.0 Å². The van der Waals surface area contributed by atoms with E-state index in [0.29, 0.717) is 11.8 Å². The predicted molar refractivity (Wildman–Crippen MR) is 99.8 cm³/mol. The molecule has 3 rings (SSSR count). The number of rotatable bonds is 6. The Hall–Kier alpha value is -3.15. The van der Waals surface area contributed by atoms with E-state index in [-0.39, 0.29) is 6.10 Å². The summed E-state index contributed by atoms with van der Waals surface area (Å²) in [7, 11) is 1.94. The standard InChI is InChI=1S/C19H21N5O/c1-14(2)25-17-12-8-7-11-16(17)21-19-22-18(13-20-23-19)24(3)15-9-5-4-6-10-15/h4-14H,1-3H3,(H,21,22,23). The fourth-order valence-electron chi connectivity index (χ4n) is 2.34. The maximum Gasteiger partial charge on any atom is 0.249 e. The molecule has 0 amide bonds. The summed E-state index contributed by atoms with van der Waals surface area (Å²) in [5, 5.41) is 11.3. The zero-order valence-electron chi connectivity index (χ0n) is 14.5. The van der Waals surface area contributed by atoms with Crippen molar-refractivity contribution in [1.82, 2.24) is 15.2 Å². The number of nitrogens with zero attached hydrogens (tertiary/aromatic N) is 4. The van der Waals surface area contributed by atoms with E-state index in [4.69, 9.17) is 4.74 Å². The number of aromatic nitrogens is 3. The van der Waals surface area contributed by atoms with Crippen molar-refractivity contribution >= 4 is 23.1 Å². The first-order valence-corrected chi connectivity index (χ1v) is 8.14. The summed E-state index contributed by atoms with van der Waals surface area (Å²) in [4.78, 5) is 6.50. The smallest absolute Gasteiger partial charge is 0.249 e. The second-order valence-corrected chi connectivity index (χ2v) is 5.82. The van der Waals surface area contributed by atoms with Crippen LogP contribution < -0.4 is 15.0 Å². The van der Waals surface area contributed by atoms with Crippen LogP contribution in [0.3, 0.4) is 0 Å². The van der Waals surface area contributed by atoms with E-state index >= 15 is 0 Å². The Kier molecular flexibility index (Phi) is 5.09. The van der Waals surface area contributed by atoms with E-state index in [9.17, 15) is 0 Å². The Morgan fingerprint density at radius 2 is 1.72 bits per heavy atom. The maximum atomic E-state index is 5.82. The van der Waals surface area contributed by atoms with E-state index in [1.165, 1.54) is 0 Å². The summed E-state index contributed by atoms with van der Waals surface area (Å²) in [6.07, 6.45) is 1.71. The van der Waals surface area contributed by atoms with Gasteiger partial charge in [-0.3, -0.25) is 0 Å². The summed E-state index contributed by atoms with van der Waals surface area (Å²) in [5.41, 5.74) is 1.83. The van der Waals surface area contributed by atoms with E-state index < -0.39 is 0 Å². The number of anilines is 4. The molecule has 0 saturated heterocycles. The van der Waals surface area contributed by atoms with Gasteiger partial charge in [-0.15, -0.1) is 5.10 Å². The summed E-state index contributed by atoms with van der Waals surface area (Å²) < 4.78 is 5.82. The molecule has 0 spiro atoms. The maximum absolute atomic E-state index is 5.82. The number of para-hydroxylation sites is 3. The molecule has 128 valence electrons. The van der Waals surface area contributed by atoms with Crippen LogP contribution in [0.2, 0.25) is 0 Å². The highest BCUT2D eigenvalue weighted by molar-refractivity contribution is 5.64. The highest BCUT2D eigenvalue weighted by atomic mass is 16.5. The molecular formula is C19H21N5O. The molecule has 1 aromatic heterocycles. The lowest BCUT2D eigenvalue weighted by molar-refractivity contribution is 0.244. The van der Waals surface area contributed by atoms with Crippen LogP contribution in [0.4, 0.5) is 23.1 Å². The minimum absolute atomic E-state index is 0.0811. The molecule has 0 radical (unpaired) electrons. The SMILES string of the molecule is CC(C)Oc1ccccc1Nc1nncc(N(C)c2ccccc2)n1. The van der Waals surface area contributed by atoms with E-state index in [0.717, 1.165) is 17.1 Å². The third kappa shape index (κ3) is 4.23. The van der Waals surface area contributed by atoms with Crippen molar-refractivity contribution in [2.24, 2.45) is 0 Å². The number of nitrogens with one attached hydrogen (secondary N) is 1. The van der Waals surface area contributed by atoms with Crippen LogP contribution in [0, 0.1) is 0 Å². The normalized spacial score (nSPS) is 10.6. The lowest BCUT2D eigenvalue weighted by Crippen LogP contribution is -2.13. The minimum Gasteiger partial charge on any atom is -0.489 e.